The third-order valence-corrected chi connectivity index (χ3v) is 3.28. The number of aliphatic hydroxyl groups excluding tert-OH is 1. The van der Waals surface area contributed by atoms with Crippen molar-refractivity contribution in [3.8, 4) is 11.5 Å². The first-order valence-electron chi connectivity index (χ1n) is 7.88. The maximum atomic E-state index is 8.92. The predicted octanol–water partition coefficient (Wildman–Crippen LogP) is 2.95. The molecule has 0 aliphatic rings. The molecule has 0 unspecified atom stereocenters. The monoisotopic (exact) mass is 295 g/mol. The van der Waals surface area contributed by atoms with Crippen LogP contribution in [0.2, 0.25) is 0 Å². The Hall–Kier alpha value is -1.26. The molecule has 21 heavy (non-hydrogen) atoms. The van der Waals surface area contributed by atoms with Gasteiger partial charge < -0.3 is 14.6 Å². The molecule has 1 rings (SSSR count). The van der Waals surface area contributed by atoms with Crippen molar-refractivity contribution in [1.82, 2.24) is 4.90 Å². The Bertz CT molecular complexity index is 365. The number of rotatable bonds is 11. The third-order valence-electron chi connectivity index (χ3n) is 3.28. The summed E-state index contributed by atoms with van der Waals surface area (Å²) in [5.41, 5.74) is 0. The molecule has 0 amide bonds. The first kappa shape index (κ1) is 17.8. The minimum Gasteiger partial charge on any atom is -0.494 e. The third kappa shape index (κ3) is 7.34. The molecule has 0 saturated carbocycles. The van der Waals surface area contributed by atoms with Gasteiger partial charge in [-0.1, -0.05) is 6.92 Å². The van der Waals surface area contributed by atoms with Crippen LogP contribution in [-0.2, 0) is 0 Å². The number of hydrogen-bond acceptors (Lipinski definition) is 4. The van der Waals surface area contributed by atoms with Gasteiger partial charge in [0.1, 0.15) is 18.1 Å². The Balaban J connectivity index is 2.33. The lowest BCUT2D eigenvalue weighted by Gasteiger charge is -2.26. The number of aliphatic hydroxyl groups is 1. The van der Waals surface area contributed by atoms with E-state index >= 15 is 0 Å². The summed E-state index contributed by atoms with van der Waals surface area (Å²) in [6.45, 7) is 9.83. The summed E-state index contributed by atoms with van der Waals surface area (Å²) >= 11 is 0. The highest BCUT2D eigenvalue weighted by molar-refractivity contribution is 5.31. The lowest BCUT2D eigenvalue weighted by molar-refractivity contribution is 0.160. The van der Waals surface area contributed by atoms with Gasteiger partial charge in [0.2, 0.25) is 0 Å². The molecule has 0 aliphatic heterocycles. The quantitative estimate of drug-likeness (QED) is 0.681. The second kappa shape index (κ2) is 10.5. The number of hydrogen-bond donors (Lipinski definition) is 1. The van der Waals surface area contributed by atoms with Gasteiger partial charge in [-0.05, 0) is 51.0 Å². The number of ether oxygens (including phenoxy) is 2. The molecule has 0 heterocycles. The van der Waals surface area contributed by atoms with Gasteiger partial charge in [0.15, 0.2) is 0 Å². The zero-order chi connectivity index (χ0) is 15.5. The molecule has 4 heteroatoms. The van der Waals surface area contributed by atoms with E-state index in [1.54, 1.807) is 0 Å². The van der Waals surface area contributed by atoms with Crippen LogP contribution in [0.25, 0.3) is 0 Å². The van der Waals surface area contributed by atoms with Crippen LogP contribution in [0.5, 0.6) is 11.5 Å². The first-order chi connectivity index (χ1) is 10.2. The summed E-state index contributed by atoms with van der Waals surface area (Å²) in [4.78, 5) is 2.31. The molecule has 0 aliphatic carbocycles. The zero-order valence-corrected chi connectivity index (χ0v) is 13.5. The molecule has 1 aromatic carbocycles. The van der Waals surface area contributed by atoms with Crippen LogP contribution in [0.4, 0.5) is 0 Å². The first-order valence-corrected chi connectivity index (χ1v) is 7.88. The van der Waals surface area contributed by atoms with Crippen LogP contribution in [0.3, 0.4) is 0 Å². The molecule has 120 valence electrons. The van der Waals surface area contributed by atoms with Crippen molar-refractivity contribution in [2.45, 2.75) is 39.7 Å². The van der Waals surface area contributed by atoms with Gasteiger partial charge in [0.05, 0.1) is 6.61 Å². The van der Waals surface area contributed by atoms with E-state index in [1.165, 1.54) is 0 Å². The smallest absolute Gasteiger partial charge is 0.119 e. The van der Waals surface area contributed by atoms with E-state index in [0.717, 1.165) is 44.0 Å². The van der Waals surface area contributed by atoms with Crippen LogP contribution in [0.15, 0.2) is 24.3 Å². The van der Waals surface area contributed by atoms with Crippen LogP contribution >= 0.6 is 0 Å². The predicted molar refractivity (Wildman–Crippen MR) is 86.1 cm³/mol. The van der Waals surface area contributed by atoms with Crippen LogP contribution in [-0.4, -0.2) is 49.0 Å². The Kier molecular flexibility index (Phi) is 8.87. The van der Waals surface area contributed by atoms with Gasteiger partial charge in [-0.25, -0.2) is 0 Å². The molecule has 1 N–H and O–H groups in total. The summed E-state index contributed by atoms with van der Waals surface area (Å²) < 4.78 is 11.3. The molecular formula is C17H29NO3. The van der Waals surface area contributed by atoms with Crippen molar-refractivity contribution in [3.63, 3.8) is 0 Å². The van der Waals surface area contributed by atoms with E-state index in [2.05, 4.69) is 25.7 Å². The topological polar surface area (TPSA) is 41.9 Å². The Labute approximate surface area is 128 Å². The molecule has 0 saturated heterocycles. The van der Waals surface area contributed by atoms with E-state index in [0.29, 0.717) is 12.6 Å². The molecule has 0 spiro atoms. The normalized spacial score (nSPS) is 11.1. The van der Waals surface area contributed by atoms with Crippen LogP contribution < -0.4 is 9.47 Å². The van der Waals surface area contributed by atoms with Gasteiger partial charge in [-0.2, -0.15) is 0 Å². The van der Waals surface area contributed by atoms with Crippen molar-refractivity contribution in [2.75, 3.05) is 32.9 Å². The number of nitrogens with zero attached hydrogens (tertiary/aromatic N) is 1. The van der Waals surface area contributed by atoms with E-state index in [-0.39, 0.29) is 6.61 Å². The molecule has 1 aromatic rings. The Morgan fingerprint density at radius 3 is 2.05 bits per heavy atom. The maximum Gasteiger partial charge on any atom is 0.119 e. The summed E-state index contributed by atoms with van der Waals surface area (Å²) in [7, 11) is 0. The molecule has 0 aromatic heterocycles. The second-order valence-electron chi connectivity index (χ2n) is 5.38. The van der Waals surface area contributed by atoms with E-state index in [1.807, 2.05) is 24.3 Å². The Morgan fingerprint density at radius 2 is 1.57 bits per heavy atom. The molecule has 0 fully saturated rings. The average molecular weight is 295 g/mol. The van der Waals surface area contributed by atoms with Crippen molar-refractivity contribution >= 4 is 0 Å². The van der Waals surface area contributed by atoms with Crippen LogP contribution in [0.1, 0.15) is 33.6 Å². The Morgan fingerprint density at radius 1 is 1.00 bits per heavy atom. The highest BCUT2D eigenvalue weighted by atomic mass is 16.5. The fraction of sp³-hybridized carbons (Fsp3) is 0.647. The second-order valence-corrected chi connectivity index (χ2v) is 5.38. The van der Waals surface area contributed by atoms with Gasteiger partial charge >= 0.3 is 0 Å². The van der Waals surface area contributed by atoms with Crippen molar-refractivity contribution in [3.05, 3.63) is 24.3 Å². The minimum absolute atomic E-state index is 0.239. The summed E-state index contributed by atoms with van der Waals surface area (Å²) in [5, 5.41) is 8.92. The lowest BCUT2D eigenvalue weighted by Crippen LogP contribution is -2.35. The molecule has 0 atom stereocenters. The van der Waals surface area contributed by atoms with Gasteiger partial charge in [-0.3, -0.25) is 4.90 Å². The maximum absolute atomic E-state index is 8.92. The lowest BCUT2D eigenvalue weighted by atomic mass is 10.3. The van der Waals surface area contributed by atoms with E-state index in [9.17, 15) is 0 Å². The van der Waals surface area contributed by atoms with Crippen molar-refractivity contribution in [2.24, 2.45) is 0 Å². The van der Waals surface area contributed by atoms with Gasteiger partial charge in [-0.15, -0.1) is 0 Å². The zero-order valence-electron chi connectivity index (χ0n) is 13.5. The SMILES string of the molecule is CCCOc1ccc(OCCN(CCCO)C(C)C)cc1. The van der Waals surface area contributed by atoms with E-state index < -0.39 is 0 Å². The fourth-order valence-electron chi connectivity index (χ4n) is 2.03. The highest BCUT2D eigenvalue weighted by Crippen LogP contribution is 2.17. The number of benzene rings is 1. The van der Waals surface area contributed by atoms with Gasteiger partial charge in [0, 0.05) is 25.7 Å². The molecule has 0 bridgehead atoms. The molecule has 4 nitrogen and oxygen atoms in total. The largest absolute Gasteiger partial charge is 0.494 e. The minimum atomic E-state index is 0.239. The summed E-state index contributed by atoms with van der Waals surface area (Å²) in [6.07, 6.45) is 1.82. The van der Waals surface area contributed by atoms with Gasteiger partial charge in [0.25, 0.3) is 0 Å². The highest BCUT2D eigenvalue weighted by Gasteiger charge is 2.08. The average Bonchev–Trinajstić information content (AvgIpc) is 2.49. The van der Waals surface area contributed by atoms with Crippen molar-refractivity contribution in [1.29, 1.82) is 0 Å². The van der Waals surface area contributed by atoms with Crippen LogP contribution in [0, 0.1) is 0 Å². The fourth-order valence-corrected chi connectivity index (χ4v) is 2.03. The van der Waals surface area contributed by atoms with Crippen molar-refractivity contribution < 1.29 is 14.6 Å². The standard InChI is InChI=1S/C17H29NO3/c1-4-13-20-16-6-8-17(9-7-16)21-14-11-18(15(2)3)10-5-12-19/h6-9,15,19H,4-5,10-14H2,1-3H3. The van der Waals surface area contributed by atoms with E-state index in [4.69, 9.17) is 14.6 Å². The molecule has 0 radical (unpaired) electrons. The summed E-state index contributed by atoms with van der Waals surface area (Å²) in [5.74, 6) is 1.75. The summed E-state index contributed by atoms with van der Waals surface area (Å²) in [6, 6.07) is 8.23. The molecular weight excluding hydrogens is 266 g/mol.